The number of aryl methyl sites for hydroxylation is 1. The van der Waals surface area contributed by atoms with Crippen LogP contribution in [-0.4, -0.2) is 29.5 Å². The smallest absolute Gasteiger partial charge is 0.313 e. The van der Waals surface area contributed by atoms with Gasteiger partial charge in [-0.25, -0.2) is 4.68 Å². The maximum absolute atomic E-state index is 11.9. The number of ether oxygens (including phenoxy) is 2. The Kier molecular flexibility index (Phi) is 5.57. The summed E-state index contributed by atoms with van der Waals surface area (Å²) in [5.74, 6) is 0.156. The van der Waals surface area contributed by atoms with Crippen LogP contribution in [0.25, 0.3) is 16.9 Å². The molecule has 1 aromatic heterocycles. The van der Waals surface area contributed by atoms with Gasteiger partial charge in [0.15, 0.2) is 0 Å². The Hall–Kier alpha value is -3.12. The predicted octanol–water partition coefficient (Wildman–Crippen LogP) is 3.68. The number of carbonyl (C=O) groups excluding carboxylic acids is 1. The molecule has 0 saturated carbocycles. The van der Waals surface area contributed by atoms with Crippen LogP contribution < -0.4 is 10.5 Å². The van der Waals surface area contributed by atoms with Crippen LogP contribution in [0.1, 0.15) is 17.5 Å². The lowest BCUT2D eigenvalue weighted by molar-refractivity contribution is -0.135. The quantitative estimate of drug-likeness (QED) is 0.409. The van der Waals surface area contributed by atoms with Gasteiger partial charge in [0.1, 0.15) is 5.75 Å². The molecular formula is C21H23N3O3. The van der Waals surface area contributed by atoms with Gasteiger partial charge < -0.3 is 15.2 Å². The number of para-hydroxylation sites is 1. The molecule has 0 bridgehead atoms. The highest BCUT2D eigenvalue weighted by atomic mass is 16.5. The van der Waals surface area contributed by atoms with Crippen molar-refractivity contribution in [1.82, 2.24) is 9.78 Å². The van der Waals surface area contributed by atoms with Crippen molar-refractivity contribution < 1.29 is 14.3 Å². The van der Waals surface area contributed by atoms with Crippen LogP contribution in [0.3, 0.4) is 0 Å². The first-order valence-electron chi connectivity index (χ1n) is 8.72. The number of nitrogens with two attached hydrogens (primary N) is 1. The zero-order chi connectivity index (χ0) is 19.4. The molecular weight excluding hydrogens is 342 g/mol. The Morgan fingerprint density at radius 1 is 1.19 bits per heavy atom. The van der Waals surface area contributed by atoms with Crippen LogP contribution in [0.15, 0.2) is 48.7 Å². The number of aromatic nitrogens is 2. The van der Waals surface area contributed by atoms with E-state index in [1.165, 1.54) is 0 Å². The Morgan fingerprint density at radius 3 is 2.63 bits per heavy atom. The topological polar surface area (TPSA) is 79.4 Å². The number of methoxy groups -OCH3 is 1. The van der Waals surface area contributed by atoms with E-state index in [2.05, 4.69) is 5.10 Å². The van der Waals surface area contributed by atoms with Gasteiger partial charge in [0.2, 0.25) is 0 Å². The largest absolute Gasteiger partial charge is 0.426 e. The van der Waals surface area contributed by atoms with Gasteiger partial charge in [-0.2, -0.15) is 5.10 Å². The molecule has 6 heteroatoms. The highest BCUT2D eigenvalue weighted by molar-refractivity contribution is 5.82. The first kappa shape index (κ1) is 18.7. The van der Waals surface area contributed by atoms with E-state index in [1.807, 2.05) is 62.5 Å². The highest BCUT2D eigenvalue weighted by Gasteiger charge is 2.17. The van der Waals surface area contributed by atoms with Crippen LogP contribution in [0.5, 0.6) is 5.75 Å². The molecule has 0 saturated heterocycles. The van der Waals surface area contributed by atoms with Crippen molar-refractivity contribution in [3.63, 3.8) is 0 Å². The highest BCUT2D eigenvalue weighted by Crippen LogP contribution is 2.36. The minimum absolute atomic E-state index is 0.193. The molecule has 3 rings (SSSR count). The molecule has 0 fully saturated rings. The number of carbonyl (C=O) groups is 1. The van der Waals surface area contributed by atoms with Crippen LogP contribution >= 0.6 is 0 Å². The van der Waals surface area contributed by atoms with Crippen LogP contribution in [0.4, 0.5) is 5.69 Å². The fraction of sp³-hybridized carbons (Fsp3) is 0.238. The number of hydrogen-bond donors (Lipinski definition) is 1. The van der Waals surface area contributed by atoms with E-state index in [0.29, 0.717) is 18.0 Å². The molecule has 0 amide bonds. The van der Waals surface area contributed by atoms with Crippen molar-refractivity contribution in [2.45, 2.75) is 20.3 Å². The first-order valence-corrected chi connectivity index (χ1v) is 8.72. The summed E-state index contributed by atoms with van der Waals surface area (Å²) in [6.45, 7) is 4.06. The summed E-state index contributed by atoms with van der Waals surface area (Å²) in [6, 6.07) is 13.7. The summed E-state index contributed by atoms with van der Waals surface area (Å²) in [7, 11) is 1.55. The van der Waals surface area contributed by atoms with Crippen molar-refractivity contribution in [3.8, 4) is 22.7 Å². The SMILES string of the molecule is COCCC(=O)Oc1c(C)cc(-c2ccn(-c3ccccc3)n2)c(N)c1C. The summed E-state index contributed by atoms with van der Waals surface area (Å²) < 4.78 is 12.2. The monoisotopic (exact) mass is 365 g/mol. The number of nitrogen functional groups attached to an aromatic ring is 1. The van der Waals surface area contributed by atoms with Crippen molar-refractivity contribution in [2.75, 3.05) is 19.5 Å². The molecule has 0 aliphatic heterocycles. The average Bonchev–Trinajstić information content (AvgIpc) is 3.17. The number of nitrogens with zero attached hydrogens (tertiary/aromatic N) is 2. The minimum Gasteiger partial charge on any atom is -0.426 e. The summed E-state index contributed by atoms with van der Waals surface area (Å²) >= 11 is 0. The number of anilines is 1. The first-order chi connectivity index (χ1) is 13.0. The van der Waals surface area contributed by atoms with E-state index in [0.717, 1.165) is 28.1 Å². The fourth-order valence-corrected chi connectivity index (χ4v) is 2.89. The van der Waals surface area contributed by atoms with Crippen molar-refractivity contribution >= 4 is 11.7 Å². The number of benzene rings is 2. The van der Waals surface area contributed by atoms with Crippen LogP contribution in [0, 0.1) is 13.8 Å². The molecule has 0 aliphatic rings. The lowest BCUT2D eigenvalue weighted by Gasteiger charge is -2.15. The summed E-state index contributed by atoms with van der Waals surface area (Å²) in [4.78, 5) is 11.9. The standard InChI is InChI=1S/C21H23N3O3/c1-14-13-17(18-9-11-24(23-18)16-7-5-4-6-8-16)20(22)15(2)21(14)27-19(25)10-12-26-3/h4-9,11,13H,10,12,22H2,1-3H3. The molecule has 0 atom stereocenters. The summed E-state index contributed by atoms with van der Waals surface area (Å²) in [5, 5.41) is 4.64. The van der Waals surface area contributed by atoms with Crippen molar-refractivity contribution in [3.05, 3.63) is 59.8 Å². The molecule has 2 N–H and O–H groups in total. The van der Waals surface area contributed by atoms with E-state index in [-0.39, 0.29) is 12.4 Å². The van der Waals surface area contributed by atoms with Gasteiger partial charge in [-0.3, -0.25) is 4.79 Å². The zero-order valence-electron chi connectivity index (χ0n) is 15.7. The molecule has 0 radical (unpaired) electrons. The summed E-state index contributed by atoms with van der Waals surface area (Å²) in [5.41, 5.74) is 11.0. The van der Waals surface area contributed by atoms with E-state index >= 15 is 0 Å². The molecule has 0 aliphatic carbocycles. The van der Waals surface area contributed by atoms with Crippen molar-refractivity contribution in [1.29, 1.82) is 0 Å². The van der Waals surface area contributed by atoms with Crippen LogP contribution in [-0.2, 0) is 9.53 Å². The Balaban J connectivity index is 1.92. The van der Waals surface area contributed by atoms with Gasteiger partial charge in [0.25, 0.3) is 0 Å². The lowest BCUT2D eigenvalue weighted by atomic mass is 10.0. The van der Waals surface area contributed by atoms with E-state index < -0.39 is 0 Å². The maximum atomic E-state index is 11.9. The molecule has 1 heterocycles. The van der Waals surface area contributed by atoms with Gasteiger partial charge in [-0.05, 0) is 43.7 Å². The Bertz CT molecular complexity index is 949. The van der Waals surface area contributed by atoms with Gasteiger partial charge in [-0.1, -0.05) is 18.2 Å². The normalized spacial score (nSPS) is 10.8. The van der Waals surface area contributed by atoms with Crippen LogP contribution in [0.2, 0.25) is 0 Å². The third kappa shape index (κ3) is 4.01. The third-order valence-electron chi connectivity index (χ3n) is 4.37. The van der Waals surface area contributed by atoms with Gasteiger partial charge in [-0.15, -0.1) is 0 Å². The molecule has 140 valence electrons. The average molecular weight is 365 g/mol. The molecule has 0 spiro atoms. The Labute approximate surface area is 158 Å². The van der Waals surface area contributed by atoms with Gasteiger partial charge >= 0.3 is 5.97 Å². The lowest BCUT2D eigenvalue weighted by Crippen LogP contribution is -2.13. The maximum Gasteiger partial charge on any atom is 0.313 e. The Morgan fingerprint density at radius 2 is 1.93 bits per heavy atom. The third-order valence-corrected chi connectivity index (χ3v) is 4.37. The van der Waals surface area contributed by atoms with E-state index in [1.54, 1.807) is 11.8 Å². The summed E-state index contributed by atoms with van der Waals surface area (Å²) in [6.07, 6.45) is 2.09. The van der Waals surface area contributed by atoms with Gasteiger partial charge in [0.05, 0.1) is 24.4 Å². The molecule has 2 aromatic carbocycles. The van der Waals surface area contributed by atoms with Gasteiger partial charge in [0, 0.05) is 30.1 Å². The zero-order valence-corrected chi connectivity index (χ0v) is 15.7. The second-order valence-electron chi connectivity index (χ2n) is 6.31. The fourth-order valence-electron chi connectivity index (χ4n) is 2.89. The molecule has 27 heavy (non-hydrogen) atoms. The molecule has 3 aromatic rings. The molecule has 0 unspecified atom stereocenters. The predicted molar refractivity (Wildman–Crippen MR) is 105 cm³/mol. The van der Waals surface area contributed by atoms with E-state index in [4.69, 9.17) is 15.2 Å². The number of hydrogen-bond acceptors (Lipinski definition) is 5. The van der Waals surface area contributed by atoms with E-state index in [9.17, 15) is 4.79 Å². The second kappa shape index (κ2) is 8.05. The second-order valence-corrected chi connectivity index (χ2v) is 6.31. The number of esters is 1. The van der Waals surface area contributed by atoms with Crippen molar-refractivity contribution in [2.24, 2.45) is 0 Å². The number of rotatable bonds is 6. The molecule has 6 nitrogen and oxygen atoms in total. The minimum atomic E-state index is -0.344.